The molecule has 0 amide bonds. The highest BCUT2D eigenvalue weighted by molar-refractivity contribution is 7.86. The van der Waals surface area contributed by atoms with Gasteiger partial charge in [-0.3, -0.25) is 4.55 Å². The molecule has 0 aromatic heterocycles. The predicted molar refractivity (Wildman–Crippen MR) is 77.8 cm³/mol. The van der Waals surface area contributed by atoms with Gasteiger partial charge >= 0.3 is 0 Å². The molecule has 0 radical (unpaired) electrons. The van der Waals surface area contributed by atoms with Crippen molar-refractivity contribution in [3.8, 4) is 0 Å². The summed E-state index contributed by atoms with van der Waals surface area (Å²) in [5, 5.41) is 0.833. The van der Waals surface area contributed by atoms with Crippen molar-refractivity contribution in [3.05, 3.63) is 23.8 Å². The van der Waals surface area contributed by atoms with E-state index in [9.17, 15) is 13.0 Å². The van der Waals surface area contributed by atoms with Crippen LogP contribution in [0.3, 0.4) is 0 Å². The van der Waals surface area contributed by atoms with Crippen molar-refractivity contribution in [1.29, 1.82) is 0 Å². The first-order chi connectivity index (χ1) is 8.10. The van der Waals surface area contributed by atoms with Gasteiger partial charge in [0, 0.05) is 0 Å². The van der Waals surface area contributed by atoms with Crippen molar-refractivity contribution < 1.29 is 13.0 Å². The first kappa shape index (κ1) is 15.4. The summed E-state index contributed by atoms with van der Waals surface area (Å²) in [6.45, 7) is 10.5. The predicted octanol–water partition coefficient (Wildman–Crippen LogP) is 2.82. The Bertz CT molecular complexity index is 533. The van der Waals surface area contributed by atoms with Crippen LogP contribution in [0, 0.1) is 0 Å². The maximum absolute atomic E-state index is 11.5. The Morgan fingerprint density at radius 1 is 1.28 bits per heavy atom. The third kappa shape index (κ3) is 3.02. The van der Waals surface area contributed by atoms with E-state index < -0.39 is 18.2 Å². The van der Waals surface area contributed by atoms with Gasteiger partial charge in [-0.1, -0.05) is 46.0 Å². The summed E-state index contributed by atoms with van der Waals surface area (Å²) in [6.07, 6.45) is 0.862. The molecular weight excluding hydrogens is 264 g/mol. The fraction of sp³-hybridized carbons (Fsp3) is 0.538. The van der Waals surface area contributed by atoms with Crippen molar-refractivity contribution in [3.63, 3.8) is 0 Å². The Morgan fingerprint density at radius 2 is 1.83 bits per heavy atom. The quantitative estimate of drug-likeness (QED) is 0.684. The SMILES string of the molecule is CCc1ccc(S(=O)(=O)O)c([Si](C)(C)C(C)C)c1. The number of benzene rings is 1. The van der Waals surface area contributed by atoms with Gasteiger partial charge in [-0.15, -0.1) is 0 Å². The molecule has 102 valence electrons. The maximum Gasteiger partial charge on any atom is 0.294 e. The minimum absolute atomic E-state index is 0.0880. The van der Waals surface area contributed by atoms with Crippen molar-refractivity contribution in [1.82, 2.24) is 0 Å². The normalized spacial score (nSPS) is 13.1. The lowest BCUT2D eigenvalue weighted by atomic mass is 10.2. The number of aryl methyl sites for hydroxylation is 1. The van der Waals surface area contributed by atoms with E-state index >= 15 is 0 Å². The number of hydrogen-bond acceptors (Lipinski definition) is 2. The standard InChI is InChI=1S/C13H22O3SSi/c1-6-11-7-8-12(17(14,15)16)13(9-11)18(4,5)10(2)3/h7-10H,6H2,1-5H3,(H,14,15,16). The molecule has 0 spiro atoms. The summed E-state index contributed by atoms with van der Waals surface area (Å²) in [7, 11) is -6.04. The van der Waals surface area contributed by atoms with E-state index in [1.807, 2.05) is 13.0 Å². The molecule has 0 atom stereocenters. The highest BCUT2D eigenvalue weighted by Crippen LogP contribution is 2.24. The maximum atomic E-state index is 11.5. The first-order valence-corrected chi connectivity index (χ1v) is 10.7. The van der Waals surface area contributed by atoms with Crippen LogP contribution < -0.4 is 5.19 Å². The van der Waals surface area contributed by atoms with E-state index in [0.29, 0.717) is 5.54 Å². The molecule has 1 aromatic rings. The Balaban J connectivity index is 3.57. The highest BCUT2D eigenvalue weighted by Gasteiger charge is 2.33. The molecule has 1 aromatic carbocycles. The molecule has 5 heteroatoms. The minimum atomic E-state index is -4.14. The summed E-state index contributed by atoms with van der Waals surface area (Å²) in [6, 6.07) is 5.27. The second-order valence-corrected chi connectivity index (χ2v) is 12.1. The lowest BCUT2D eigenvalue weighted by Gasteiger charge is -2.29. The summed E-state index contributed by atoms with van der Waals surface area (Å²) < 4.78 is 32.4. The van der Waals surface area contributed by atoms with E-state index in [1.165, 1.54) is 0 Å². The van der Waals surface area contributed by atoms with Gasteiger partial charge in [0.15, 0.2) is 0 Å². The monoisotopic (exact) mass is 286 g/mol. The molecule has 0 fully saturated rings. The van der Waals surface area contributed by atoms with Crippen molar-refractivity contribution >= 4 is 23.4 Å². The molecule has 3 nitrogen and oxygen atoms in total. The Labute approximate surface area is 111 Å². The Kier molecular flexibility index (Phi) is 4.41. The lowest BCUT2D eigenvalue weighted by Crippen LogP contribution is -2.46. The Hall–Kier alpha value is -0.653. The van der Waals surface area contributed by atoms with Gasteiger partial charge < -0.3 is 0 Å². The largest absolute Gasteiger partial charge is 0.294 e. The van der Waals surface area contributed by atoms with Gasteiger partial charge in [0.25, 0.3) is 10.1 Å². The zero-order chi connectivity index (χ0) is 14.1. The second-order valence-electron chi connectivity index (χ2n) is 5.54. The zero-order valence-electron chi connectivity index (χ0n) is 11.7. The average Bonchev–Trinajstić information content (AvgIpc) is 2.26. The summed E-state index contributed by atoms with van der Waals surface area (Å²) in [5.74, 6) is 0. The van der Waals surface area contributed by atoms with Crippen LogP contribution in [0.4, 0.5) is 0 Å². The topological polar surface area (TPSA) is 54.4 Å². The summed E-state index contributed by atoms with van der Waals surface area (Å²) >= 11 is 0. The summed E-state index contributed by atoms with van der Waals surface area (Å²) in [5.41, 5.74) is 1.52. The molecule has 0 aliphatic rings. The van der Waals surface area contributed by atoms with Crippen LogP contribution in [-0.2, 0) is 16.5 Å². The minimum Gasteiger partial charge on any atom is -0.282 e. The number of hydrogen-bond donors (Lipinski definition) is 1. The van der Waals surface area contributed by atoms with Crippen LogP contribution in [0.25, 0.3) is 0 Å². The van der Waals surface area contributed by atoms with E-state index in [0.717, 1.165) is 17.2 Å². The van der Waals surface area contributed by atoms with Gasteiger partial charge in [0.2, 0.25) is 0 Å². The van der Waals surface area contributed by atoms with Crippen molar-refractivity contribution in [2.75, 3.05) is 0 Å². The van der Waals surface area contributed by atoms with E-state index in [2.05, 4.69) is 26.9 Å². The van der Waals surface area contributed by atoms with E-state index in [1.54, 1.807) is 12.1 Å². The molecule has 0 bridgehead atoms. The van der Waals surface area contributed by atoms with Gasteiger partial charge in [-0.25, -0.2) is 0 Å². The second kappa shape index (κ2) is 5.15. The molecule has 0 aliphatic carbocycles. The molecule has 18 heavy (non-hydrogen) atoms. The molecule has 0 aliphatic heterocycles. The third-order valence-corrected chi connectivity index (χ3v) is 9.65. The van der Waals surface area contributed by atoms with Crippen LogP contribution in [0.5, 0.6) is 0 Å². The average molecular weight is 286 g/mol. The van der Waals surface area contributed by atoms with E-state index in [-0.39, 0.29) is 4.90 Å². The first-order valence-electron chi connectivity index (χ1n) is 6.21. The smallest absolute Gasteiger partial charge is 0.282 e. The molecule has 0 unspecified atom stereocenters. The van der Waals surface area contributed by atoms with Gasteiger partial charge in [-0.05, 0) is 28.8 Å². The van der Waals surface area contributed by atoms with E-state index in [4.69, 9.17) is 0 Å². The molecule has 0 saturated carbocycles. The van der Waals surface area contributed by atoms with Crippen molar-refractivity contribution in [2.45, 2.75) is 50.7 Å². The van der Waals surface area contributed by atoms with Crippen molar-refractivity contribution in [2.24, 2.45) is 0 Å². The van der Waals surface area contributed by atoms with Gasteiger partial charge in [0.05, 0.1) is 13.0 Å². The highest BCUT2D eigenvalue weighted by atomic mass is 32.2. The third-order valence-electron chi connectivity index (χ3n) is 3.87. The molecule has 1 N–H and O–H groups in total. The zero-order valence-corrected chi connectivity index (χ0v) is 13.5. The summed E-state index contributed by atoms with van der Waals surface area (Å²) in [4.78, 5) is 0.0880. The van der Waals surface area contributed by atoms with Gasteiger partial charge in [-0.2, -0.15) is 8.42 Å². The Morgan fingerprint density at radius 3 is 2.22 bits per heavy atom. The van der Waals surface area contributed by atoms with Gasteiger partial charge in [0.1, 0.15) is 0 Å². The molecule has 0 heterocycles. The van der Waals surface area contributed by atoms with Crippen LogP contribution in [-0.4, -0.2) is 21.0 Å². The molecule has 0 saturated heterocycles. The fourth-order valence-electron chi connectivity index (χ4n) is 1.84. The molecule has 1 rings (SSSR count). The van der Waals surface area contributed by atoms with Crippen LogP contribution in [0.15, 0.2) is 23.1 Å². The lowest BCUT2D eigenvalue weighted by molar-refractivity contribution is 0.484. The van der Waals surface area contributed by atoms with Crippen LogP contribution >= 0.6 is 0 Å². The fourth-order valence-corrected chi connectivity index (χ4v) is 5.49. The molecular formula is C13H22O3SSi. The number of rotatable bonds is 4. The van der Waals surface area contributed by atoms with Crippen LogP contribution in [0.2, 0.25) is 18.6 Å². The van der Waals surface area contributed by atoms with Crippen LogP contribution in [0.1, 0.15) is 26.3 Å².